The molecule has 1 aliphatic heterocycles. The average molecular weight is 601 g/mol. The Hall–Kier alpha value is -5.52. The number of ether oxygens (including phenoxy) is 1. The topological polar surface area (TPSA) is 162 Å². The smallest absolute Gasteiger partial charge is 0.408 e. The molecule has 12 nitrogen and oxygen atoms in total. The molecular formula is C32H32N4O8. The summed E-state index contributed by atoms with van der Waals surface area (Å²) in [6, 6.07) is 22.5. The van der Waals surface area contributed by atoms with Crippen LogP contribution in [-0.2, 0) is 48.3 Å². The van der Waals surface area contributed by atoms with Crippen molar-refractivity contribution in [1.82, 2.24) is 20.4 Å². The van der Waals surface area contributed by atoms with Gasteiger partial charge in [-0.2, -0.15) is 0 Å². The van der Waals surface area contributed by atoms with Crippen molar-refractivity contribution in [1.29, 1.82) is 0 Å². The van der Waals surface area contributed by atoms with Crippen LogP contribution in [0.25, 0.3) is 0 Å². The van der Waals surface area contributed by atoms with Crippen molar-refractivity contribution in [3.05, 3.63) is 108 Å². The summed E-state index contributed by atoms with van der Waals surface area (Å²) in [6.45, 7) is -0.911. The lowest BCUT2D eigenvalue weighted by atomic mass is 10.0. The first-order valence-corrected chi connectivity index (χ1v) is 13.9. The van der Waals surface area contributed by atoms with Crippen molar-refractivity contribution >= 4 is 36.1 Å². The number of hydrogen-bond donors (Lipinski definition) is 3. The van der Waals surface area contributed by atoms with Gasteiger partial charge in [-0.05, 0) is 16.7 Å². The quantitative estimate of drug-likeness (QED) is 0.208. The molecule has 3 N–H and O–H groups in total. The first-order valence-electron chi connectivity index (χ1n) is 13.9. The summed E-state index contributed by atoms with van der Waals surface area (Å²) in [7, 11) is 0. The van der Waals surface area contributed by atoms with Crippen LogP contribution in [-0.4, -0.2) is 82.2 Å². The van der Waals surface area contributed by atoms with Crippen molar-refractivity contribution in [3.8, 4) is 0 Å². The largest absolute Gasteiger partial charge is 0.479 e. The number of amides is 4. The molecule has 0 aliphatic carbocycles. The third kappa shape index (κ3) is 8.51. The molecular weight excluding hydrogens is 568 g/mol. The highest BCUT2D eigenvalue weighted by atomic mass is 16.5. The fourth-order valence-electron chi connectivity index (χ4n) is 4.80. The molecule has 3 aromatic carbocycles. The van der Waals surface area contributed by atoms with E-state index >= 15 is 0 Å². The van der Waals surface area contributed by atoms with E-state index in [0.717, 1.165) is 16.0 Å². The summed E-state index contributed by atoms with van der Waals surface area (Å²) in [6.07, 6.45) is -0.825. The minimum atomic E-state index is -1.84. The highest BCUT2D eigenvalue weighted by Gasteiger charge is 2.43. The van der Waals surface area contributed by atoms with E-state index in [0.29, 0.717) is 5.56 Å². The third-order valence-electron chi connectivity index (χ3n) is 6.98. The van der Waals surface area contributed by atoms with Crippen molar-refractivity contribution in [2.24, 2.45) is 0 Å². The first-order chi connectivity index (χ1) is 21.2. The predicted octanol–water partition coefficient (Wildman–Crippen LogP) is 1.53. The molecule has 0 saturated carbocycles. The van der Waals surface area contributed by atoms with E-state index in [-0.39, 0.29) is 32.4 Å². The van der Waals surface area contributed by atoms with Crippen LogP contribution in [0.5, 0.6) is 0 Å². The molecule has 1 saturated heterocycles. The van der Waals surface area contributed by atoms with Crippen LogP contribution < -0.4 is 10.6 Å². The molecule has 1 heterocycles. The van der Waals surface area contributed by atoms with E-state index in [4.69, 9.17) is 4.74 Å². The first kappa shape index (κ1) is 31.4. The summed E-state index contributed by atoms with van der Waals surface area (Å²) >= 11 is 0. The Balaban J connectivity index is 1.65. The van der Waals surface area contributed by atoms with Crippen molar-refractivity contribution in [2.75, 3.05) is 13.1 Å². The van der Waals surface area contributed by atoms with Gasteiger partial charge in [0.2, 0.25) is 17.7 Å². The zero-order valence-electron chi connectivity index (χ0n) is 23.7. The SMILES string of the molecule is O=CC(NC(=O)CN1C(=O)C(NC(=O)OCc2ccccc2)CN(Cc2ccccc2)C(=O)C1Cc1ccccc1)C(=O)O. The Morgan fingerprint density at radius 3 is 2.00 bits per heavy atom. The number of aliphatic carboxylic acids is 1. The van der Waals surface area contributed by atoms with Gasteiger partial charge in [-0.1, -0.05) is 91.0 Å². The lowest BCUT2D eigenvalue weighted by Gasteiger charge is -2.31. The van der Waals surface area contributed by atoms with Crippen molar-refractivity contribution < 1.29 is 38.6 Å². The zero-order valence-corrected chi connectivity index (χ0v) is 23.7. The van der Waals surface area contributed by atoms with Gasteiger partial charge in [-0.3, -0.25) is 14.4 Å². The molecule has 3 atom stereocenters. The van der Waals surface area contributed by atoms with Gasteiger partial charge in [0.15, 0.2) is 12.3 Å². The minimum Gasteiger partial charge on any atom is -0.479 e. The summed E-state index contributed by atoms with van der Waals surface area (Å²) in [5, 5.41) is 13.8. The van der Waals surface area contributed by atoms with Gasteiger partial charge in [0.25, 0.3) is 0 Å². The van der Waals surface area contributed by atoms with Gasteiger partial charge in [-0.25, -0.2) is 9.59 Å². The number of alkyl carbamates (subject to hydrolysis) is 1. The molecule has 0 spiro atoms. The van der Waals surface area contributed by atoms with Gasteiger partial charge in [0.1, 0.15) is 25.2 Å². The second-order valence-corrected chi connectivity index (χ2v) is 10.2. The van der Waals surface area contributed by atoms with Crippen molar-refractivity contribution in [2.45, 2.75) is 37.7 Å². The number of nitrogens with zero attached hydrogens (tertiary/aromatic N) is 2. The van der Waals surface area contributed by atoms with E-state index in [9.17, 15) is 33.9 Å². The van der Waals surface area contributed by atoms with Crippen molar-refractivity contribution in [3.63, 3.8) is 0 Å². The fraction of sp³-hybridized carbons (Fsp3) is 0.250. The maximum absolute atomic E-state index is 14.1. The summed E-state index contributed by atoms with van der Waals surface area (Å²) in [5.74, 6) is -3.78. The number of benzene rings is 3. The van der Waals surface area contributed by atoms with Gasteiger partial charge in [0.05, 0.1) is 6.54 Å². The van der Waals surface area contributed by atoms with Gasteiger partial charge >= 0.3 is 12.1 Å². The number of carbonyl (C=O) groups is 6. The Bertz CT molecular complexity index is 1470. The molecule has 4 rings (SSSR count). The Kier molecular flexibility index (Phi) is 10.8. The molecule has 1 fully saturated rings. The molecule has 3 unspecified atom stereocenters. The normalized spacial score (nSPS) is 17.3. The van der Waals surface area contributed by atoms with Gasteiger partial charge < -0.3 is 35.1 Å². The zero-order chi connectivity index (χ0) is 31.5. The molecule has 44 heavy (non-hydrogen) atoms. The van der Waals surface area contributed by atoms with Crippen LogP contribution in [0.3, 0.4) is 0 Å². The van der Waals surface area contributed by atoms with Gasteiger partial charge in [-0.15, -0.1) is 0 Å². The number of carbonyl (C=O) groups excluding carboxylic acids is 5. The molecule has 4 amide bonds. The van der Waals surface area contributed by atoms with E-state index < -0.39 is 54.5 Å². The van der Waals surface area contributed by atoms with E-state index in [1.54, 1.807) is 54.6 Å². The lowest BCUT2D eigenvalue weighted by molar-refractivity contribution is -0.146. The third-order valence-corrected chi connectivity index (χ3v) is 6.98. The number of carboxylic acid groups (broad SMARTS) is 1. The number of hydrogen-bond acceptors (Lipinski definition) is 7. The standard InChI is InChI=1S/C32H32N4O8/c37-20-26(31(41)42)33-28(38)19-36-27(16-22-10-4-1-5-11-22)30(40)35(17-23-12-6-2-7-13-23)18-25(29(36)39)34-32(43)44-21-24-14-8-3-9-15-24/h1-15,20,25-27H,16-19,21H2,(H,33,38)(H,34,43)(H,41,42). The monoisotopic (exact) mass is 600 g/mol. The number of aldehydes is 1. The highest BCUT2D eigenvalue weighted by Crippen LogP contribution is 2.20. The molecule has 0 bridgehead atoms. The Labute approximate surface area is 253 Å². The summed E-state index contributed by atoms with van der Waals surface area (Å²) < 4.78 is 5.33. The predicted molar refractivity (Wildman–Crippen MR) is 157 cm³/mol. The number of rotatable bonds is 12. The van der Waals surface area contributed by atoms with Crippen LogP contribution in [0.2, 0.25) is 0 Å². The van der Waals surface area contributed by atoms with Crippen LogP contribution in [0.1, 0.15) is 16.7 Å². The summed E-state index contributed by atoms with van der Waals surface area (Å²) in [5.41, 5.74) is 2.20. The van der Waals surface area contributed by atoms with Crippen LogP contribution in [0.15, 0.2) is 91.0 Å². The second-order valence-electron chi connectivity index (χ2n) is 10.2. The van der Waals surface area contributed by atoms with Crippen LogP contribution >= 0.6 is 0 Å². The minimum absolute atomic E-state index is 0.0329. The summed E-state index contributed by atoms with van der Waals surface area (Å²) in [4.78, 5) is 79.0. The number of nitrogens with one attached hydrogen (secondary N) is 2. The maximum atomic E-state index is 14.1. The van der Waals surface area contributed by atoms with E-state index in [1.807, 2.05) is 36.4 Å². The Morgan fingerprint density at radius 1 is 0.864 bits per heavy atom. The van der Waals surface area contributed by atoms with Crippen LogP contribution in [0, 0.1) is 0 Å². The van der Waals surface area contributed by atoms with Crippen LogP contribution in [0.4, 0.5) is 4.79 Å². The van der Waals surface area contributed by atoms with Gasteiger partial charge in [0, 0.05) is 13.0 Å². The molecule has 0 aromatic heterocycles. The Morgan fingerprint density at radius 2 is 1.43 bits per heavy atom. The maximum Gasteiger partial charge on any atom is 0.408 e. The van der Waals surface area contributed by atoms with E-state index in [2.05, 4.69) is 10.6 Å². The van der Waals surface area contributed by atoms with E-state index in [1.165, 1.54) is 4.90 Å². The molecule has 0 radical (unpaired) electrons. The lowest BCUT2D eigenvalue weighted by Crippen LogP contribution is -2.56. The molecule has 1 aliphatic rings. The molecule has 228 valence electrons. The fourth-order valence-corrected chi connectivity index (χ4v) is 4.80. The average Bonchev–Trinajstić information content (AvgIpc) is 3.11. The molecule has 3 aromatic rings. The molecule has 12 heteroatoms. The highest BCUT2D eigenvalue weighted by molar-refractivity contribution is 5.99. The second kappa shape index (κ2) is 15.1. The number of carboxylic acids is 1.